The Kier molecular flexibility index (Phi) is 4.40. The molecule has 0 fully saturated rings. The highest BCUT2D eigenvalue weighted by molar-refractivity contribution is 5.70. The van der Waals surface area contributed by atoms with E-state index in [1.807, 2.05) is 34.6 Å². The van der Waals surface area contributed by atoms with E-state index in [-0.39, 0.29) is 18.3 Å². The van der Waals surface area contributed by atoms with Gasteiger partial charge in [-0.2, -0.15) is 0 Å². The van der Waals surface area contributed by atoms with Crippen molar-refractivity contribution in [3.05, 3.63) is 0 Å². The Morgan fingerprint density at radius 2 is 1.85 bits per heavy atom. The molecule has 13 heavy (non-hydrogen) atoms. The van der Waals surface area contributed by atoms with Gasteiger partial charge >= 0.3 is 5.97 Å². The topological polar surface area (TPSA) is 46.5 Å². The summed E-state index contributed by atoms with van der Waals surface area (Å²) in [5.74, 6) is -0.249. The summed E-state index contributed by atoms with van der Waals surface area (Å²) in [6.07, 6.45) is -0.524. The van der Waals surface area contributed by atoms with Gasteiger partial charge in [-0.05, 0) is 26.7 Å². The van der Waals surface area contributed by atoms with Gasteiger partial charge in [-0.1, -0.05) is 13.8 Å². The highest BCUT2D eigenvalue weighted by atomic mass is 16.6. The number of carbonyl (C=O) groups excluding carboxylic acids is 1. The molecule has 1 N–H and O–H groups in total. The van der Waals surface area contributed by atoms with E-state index < -0.39 is 11.7 Å². The summed E-state index contributed by atoms with van der Waals surface area (Å²) >= 11 is 0. The summed E-state index contributed by atoms with van der Waals surface area (Å²) in [5, 5.41) is 9.39. The third kappa shape index (κ3) is 6.58. The zero-order valence-corrected chi connectivity index (χ0v) is 9.13. The molecule has 0 radical (unpaired) electrons. The van der Waals surface area contributed by atoms with Gasteiger partial charge in [-0.25, -0.2) is 0 Å². The fraction of sp³-hybridized carbons (Fsp3) is 0.900. The van der Waals surface area contributed by atoms with Crippen LogP contribution in [-0.4, -0.2) is 22.8 Å². The molecular weight excluding hydrogens is 168 g/mol. The fourth-order valence-electron chi connectivity index (χ4n) is 0.790. The molecule has 0 saturated heterocycles. The fourth-order valence-corrected chi connectivity index (χ4v) is 0.790. The van der Waals surface area contributed by atoms with Crippen LogP contribution in [0, 0.1) is 5.92 Å². The van der Waals surface area contributed by atoms with Gasteiger partial charge in [0, 0.05) is 0 Å². The van der Waals surface area contributed by atoms with Gasteiger partial charge in [0.1, 0.15) is 5.60 Å². The molecule has 0 rings (SSSR count). The predicted octanol–water partition coefficient (Wildman–Crippen LogP) is 1.74. The number of esters is 1. The van der Waals surface area contributed by atoms with Crippen molar-refractivity contribution in [2.75, 3.05) is 0 Å². The highest BCUT2D eigenvalue weighted by Gasteiger charge is 2.20. The van der Waals surface area contributed by atoms with Crippen LogP contribution in [0.15, 0.2) is 0 Å². The van der Waals surface area contributed by atoms with E-state index in [4.69, 9.17) is 4.74 Å². The van der Waals surface area contributed by atoms with Crippen molar-refractivity contribution in [1.29, 1.82) is 0 Å². The van der Waals surface area contributed by atoms with Crippen LogP contribution in [0.2, 0.25) is 0 Å². The Hall–Kier alpha value is -0.570. The third-order valence-corrected chi connectivity index (χ3v) is 1.57. The molecule has 3 heteroatoms. The van der Waals surface area contributed by atoms with Gasteiger partial charge in [-0.3, -0.25) is 4.79 Å². The molecule has 1 unspecified atom stereocenters. The summed E-state index contributed by atoms with van der Waals surface area (Å²) in [4.78, 5) is 11.2. The largest absolute Gasteiger partial charge is 0.460 e. The summed E-state index contributed by atoms with van der Waals surface area (Å²) < 4.78 is 5.06. The zero-order valence-electron chi connectivity index (χ0n) is 9.13. The van der Waals surface area contributed by atoms with Crippen LogP contribution in [0.3, 0.4) is 0 Å². The first-order valence-corrected chi connectivity index (χ1v) is 4.62. The number of ether oxygens (including phenoxy) is 1. The van der Waals surface area contributed by atoms with Crippen LogP contribution in [-0.2, 0) is 9.53 Å². The number of hydrogen-bond acceptors (Lipinski definition) is 3. The van der Waals surface area contributed by atoms with Crippen LogP contribution in [0.25, 0.3) is 0 Å². The van der Waals surface area contributed by atoms with Crippen molar-refractivity contribution in [2.24, 2.45) is 5.92 Å². The van der Waals surface area contributed by atoms with E-state index in [1.54, 1.807) is 0 Å². The second-order valence-corrected chi connectivity index (χ2v) is 4.60. The molecule has 0 bridgehead atoms. The lowest BCUT2D eigenvalue weighted by Gasteiger charge is -2.21. The Labute approximate surface area is 80.1 Å². The quantitative estimate of drug-likeness (QED) is 0.686. The Balaban J connectivity index is 3.89. The van der Waals surface area contributed by atoms with Crippen molar-refractivity contribution in [2.45, 2.75) is 52.7 Å². The van der Waals surface area contributed by atoms with E-state index in [1.165, 1.54) is 0 Å². The van der Waals surface area contributed by atoms with Crippen molar-refractivity contribution in [3.63, 3.8) is 0 Å². The lowest BCUT2D eigenvalue weighted by Crippen LogP contribution is -2.28. The summed E-state index contributed by atoms with van der Waals surface area (Å²) in [7, 11) is 0. The molecule has 0 amide bonds. The number of aliphatic hydroxyl groups is 1. The molecule has 0 heterocycles. The molecule has 3 nitrogen and oxygen atoms in total. The van der Waals surface area contributed by atoms with Crippen molar-refractivity contribution < 1.29 is 14.6 Å². The minimum absolute atomic E-state index is 0.0783. The molecule has 78 valence electrons. The first-order chi connectivity index (χ1) is 5.72. The Morgan fingerprint density at radius 1 is 1.38 bits per heavy atom. The van der Waals surface area contributed by atoms with Crippen LogP contribution in [0.5, 0.6) is 0 Å². The molecular formula is C10H20O3. The first kappa shape index (κ1) is 12.4. The molecule has 0 aromatic heterocycles. The zero-order chi connectivity index (χ0) is 10.6. The number of carbonyl (C=O) groups is 1. The van der Waals surface area contributed by atoms with E-state index in [0.29, 0.717) is 0 Å². The number of rotatable bonds is 3. The number of aliphatic hydroxyl groups excluding tert-OH is 1. The van der Waals surface area contributed by atoms with Gasteiger partial charge in [0.15, 0.2) is 0 Å². The molecule has 0 spiro atoms. The first-order valence-electron chi connectivity index (χ1n) is 4.62. The maximum absolute atomic E-state index is 11.2. The lowest BCUT2D eigenvalue weighted by molar-refractivity contribution is -0.157. The van der Waals surface area contributed by atoms with E-state index in [9.17, 15) is 9.90 Å². The van der Waals surface area contributed by atoms with E-state index >= 15 is 0 Å². The van der Waals surface area contributed by atoms with Crippen LogP contribution >= 0.6 is 0 Å². The summed E-state index contributed by atoms with van der Waals surface area (Å²) in [6.45, 7) is 9.18. The second kappa shape index (κ2) is 4.61. The average molecular weight is 188 g/mol. The minimum Gasteiger partial charge on any atom is -0.460 e. The molecule has 0 aliphatic carbocycles. The lowest BCUT2D eigenvalue weighted by atomic mass is 10.0. The SMILES string of the molecule is CC(C)C(O)CC(=O)OC(C)(C)C. The number of hydrogen-bond donors (Lipinski definition) is 1. The second-order valence-electron chi connectivity index (χ2n) is 4.60. The van der Waals surface area contributed by atoms with Crippen LogP contribution in [0.4, 0.5) is 0 Å². The molecule has 0 aliphatic heterocycles. The monoisotopic (exact) mass is 188 g/mol. The van der Waals surface area contributed by atoms with Crippen molar-refractivity contribution in [3.8, 4) is 0 Å². The van der Waals surface area contributed by atoms with Crippen molar-refractivity contribution in [1.82, 2.24) is 0 Å². The molecule has 0 saturated carbocycles. The maximum atomic E-state index is 11.2. The highest BCUT2D eigenvalue weighted by Crippen LogP contribution is 2.12. The maximum Gasteiger partial charge on any atom is 0.308 e. The van der Waals surface area contributed by atoms with Crippen molar-refractivity contribution >= 4 is 5.97 Å². The molecule has 0 aromatic carbocycles. The average Bonchev–Trinajstić information content (AvgIpc) is 1.81. The summed E-state index contributed by atoms with van der Waals surface area (Å²) in [5.41, 5.74) is -0.465. The van der Waals surface area contributed by atoms with Gasteiger partial charge < -0.3 is 9.84 Å². The van der Waals surface area contributed by atoms with Gasteiger partial charge in [0.25, 0.3) is 0 Å². The third-order valence-electron chi connectivity index (χ3n) is 1.57. The Bertz CT molecular complexity index is 167. The van der Waals surface area contributed by atoms with Gasteiger partial charge in [0.2, 0.25) is 0 Å². The molecule has 0 aliphatic rings. The standard InChI is InChI=1S/C10H20O3/c1-7(2)8(11)6-9(12)13-10(3,4)5/h7-8,11H,6H2,1-5H3. The van der Waals surface area contributed by atoms with Gasteiger partial charge in [0.05, 0.1) is 12.5 Å². The molecule has 1 atom stereocenters. The van der Waals surface area contributed by atoms with E-state index in [0.717, 1.165) is 0 Å². The van der Waals surface area contributed by atoms with Crippen LogP contribution in [0.1, 0.15) is 41.0 Å². The smallest absolute Gasteiger partial charge is 0.308 e. The minimum atomic E-state index is -0.602. The predicted molar refractivity (Wildman–Crippen MR) is 51.3 cm³/mol. The normalized spacial score (nSPS) is 14.4. The Morgan fingerprint density at radius 3 is 2.15 bits per heavy atom. The van der Waals surface area contributed by atoms with E-state index in [2.05, 4.69) is 0 Å². The molecule has 0 aromatic rings. The summed E-state index contributed by atoms with van der Waals surface area (Å²) in [6, 6.07) is 0. The van der Waals surface area contributed by atoms with Crippen LogP contribution < -0.4 is 0 Å². The van der Waals surface area contributed by atoms with Gasteiger partial charge in [-0.15, -0.1) is 0 Å².